The number of aryl methyl sites for hydroxylation is 2. The summed E-state index contributed by atoms with van der Waals surface area (Å²) in [7, 11) is 0. The summed E-state index contributed by atoms with van der Waals surface area (Å²) < 4.78 is 0. The molecule has 31 heavy (non-hydrogen) atoms. The van der Waals surface area contributed by atoms with Crippen molar-refractivity contribution in [1.82, 2.24) is 9.88 Å². The van der Waals surface area contributed by atoms with Crippen molar-refractivity contribution < 1.29 is 14.7 Å². The van der Waals surface area contributed by atoms with Crippen molar-refractivity contribution >= 4 is 11.7 Å². The number of hydrogen-bond acceptors (Lipinski definition) is 4. The van der Waals surface area contributed by atoms with Gasteiger partial charge in [0, 0.05) is 25.4 Å². The van der Waals surface area contributed by atoms with Gasteiger partial charge in [-0.25, -0.2) is 0 Å². The van der Waals surface area contributed by atoms with Crippen LogP contribution in [0.15, 0.2) is 90.5 Å². The van der Waals surface area contributed by atoms with Crippen LogP contribution in [0.5, 0.6) is 0 Å². The normalized spacial score (nSPS) is 16.1. The van der Waals surface area contributed by atoms with E-state index in [2.05, 4.69) is 4.98 Å². The second-order valence-electron chi connectivity index (χ2n) is 7.78. The predicted molar refractivity (Wildman–Crippen MR) is 118 cm³/mol. The quantitative estimate of drug-likeness (QED) is 0.621. The Kier molecular flexibility index (Phi) is 5.94. The number of Topliss-reactive ketones (excluding diaryl/α,β-unsaturated/α-hetero) is 1. The molecule has 0 bridgehead atoms. The highest BCUT2D eigenvalue weighted by atomic mass is 16.3. The van der Waals surface area contributed by atoms with Crippen LogP contribution in [0.3, 0.4) is 0 Å². The second-order valence-corrected chi connectivity index (χ2v) is 7.78. The minimum Gasteiger partial charge on any atom is -0.503 e. The average molecular weight is 412 g/mol. The number of rotatable bonds is 7. The Bertz CT molecular complexity index is 1120. The van der Waals surface area contributed by atoms with E-state index in [4.69, 9.17) is 0 Å². The van der Waals surface area contributed by atoms with Crippen LogP contribution >= 0.6 is 0 Å². The molecule has 1 aliphatic rings. The highest BCUT2D eigenvalue weighted by molar-refractivity contribution is 6.09. The van der Waals surface area contributed by atoms with E-state index in [0.717, 1.165) is 22.3 Å². The van der Waals surface area contributed by atoms with Gasteiger partial charge in [-0.3, -0.25) is 14.6 Å². The summed E-state index contributed by atoms with van der Waals surface area (Å²) in [4.78, 5) is 31.9. The topological polar surface area (TPSA) is 70.5 Å². The summed E-state index contributed by atoms with van der Waals surface area (Å²) in [6, 6.07) is 20.5. The highest BCUT2D eigenvalue weighted by Crippen LogP contribution is 2.39. The van der Waals surface area contributed by atoms with Crippen LogP contribution in [0.2, 0.25) is 0 Å². The van der Waals surface area contributed by atoms with Crippen molar-refractivity contribution in [3.05, 3.63) is 113 Å². The fourth-order valence-corrected chi connectivity index (χ4v) is 4.01. The molecule has 0 radical (unpaired) electrons. The van der Waals surface area contributed by atoms with Gasteiger partial charge in [-0.2, -0.15) is 0 Å². The molecule has 3 aromatic rings. The zero-order valence-electron chi connectivity index (χ0n) is 17.4. The summed E-state index contributed by atoms with van der Waals surface area (Å²) in [5.41, 5.74) is 3.88. The summed E-state index contributed by atoms with van der Waals surface area (Å²) in [6.45, 7) is 2.22. The summed E-state index contributed by atoms with van der Waals surface area (Å²) in [5, 5.41) is 10.7. The van der Waals surface area contributed by atoms with Gasteiger partial charge >= 0.3 is 0 Å². The van der Waals surface area contributed by atoms with E-state index >= 15 is 0 Å². The lowest BCUT2D eigenvalue weighted by Crippen LogP contribution is -2.30. The molecule has 2 aromatic carbocycles. The number of carbonyl (C=O) groups is 2. The van der Waals surface area contributed by atoms with Crippen molar-refractivity contribution in [2.45, 2.75) is 32.4 Å². The van der Waals surface area contributed by atoms with E-state index < -0.39 is 17.7 Å². The van der Waals surface area contributed by atoms with Crippen LogP contribution in [0.25, 0.3) is 0 Å². The first kappa shape index (κ1) is 20.5. The third-order valence-electron chi connectivity index (χ3n) is 5.52. The summed E-state index contributed by atoms with van der Waals surface area (Å²) in [6.07, 6.45) is 4.13. The maximum absolute atomic E-state index is 13.2. The molecule has 1 atom stereocenters. The number of amides is 1. The molecule has 1 unspecified atom stereocenters. The predicted octanol–water partition coefficient (Wildman–Crippen LogP) is 4.49. The molecule has 1 amide bonds. The first-order valence-corrected chi connectivity index (χ1v) is 10.3. The molecule has 5 heteroatoms. The Morgan fingerprint density at radius 2 is 1.81 bits per heavy atom. The minimum atomic E-state index is -0.629. The number of nitrogens with zero attached hydrogens (tertiary/aromatic N) is 2. The van der Waals surface area contributed by atoms with Gasteiger partial charge in [-0.15, -0.1) is 0 Å². The van der Waals surface area contributed by atoms with Crippen LogP contribution < -0.4 is 0 Å². The molecule has 0 aliphatic carbocycles. The van der Waals surface area contributed by atoms with Gasteiger partial charge in [0.15, 0.2) is 11.5 Å². The van der Waals surface area contributed by atoms with Crippen molar-refractivity contribution in [2.75, 3.05) is 0 Å². The van der Waals surface area contributed by atoms with Gasteiger partial charge in [0.2, 0.25) is 0 Å². The zero-order valence-corrected chi connectivity index (χ0v) is 17.4. The van der Waals surface area contributed by atoms with Gasteiger partial charge in [0.25, 0.3) is 5.91 Å². The Morgan fingerprint density at radius 1 is 1.03 bits per heavy atom. The van der Waals surface area contributed by atoms with Crippen LogP contribution in [0, 0.1) is 6.92 Å². The molecule has 1 N–H and O–H groups in total. The molecule has 1 aromatic heterocycles. The van der Waals surface area contributed by atoms with E-state index in [1.165, 1.54) is 0 Å². The third-order valence-corrected chi connectivity index (χ3v) is 5.52. The van der Waals surface area contributed by atoms with Crippen molar-refractivity contribution in [3.63, 3.8) is 0 Å². The van der Waals surface area contributed by atoms with Gasteiger partial charge in [-0.05, 0) is 36.1 Å². The number of benzene rings is 2. The zero-order chi connectivity index (χ0) is 21.8. The summed E-state index contributed by atoms with van der Waals surface area (Å²) >= 11 is 0. The van der Waals surface area contributed by atoms with Gasteiger partial charge in [0.1, 0.15) is 0 Å². The lowest BCUT2D eigenvalue weighted by Gasteiger charge is -2.27. The number of aliphatic hydroxyl groups excluding tert-OH is 1. The van der Waals surface area contributed by atoms with Crippen LogP contribution in [0.1, 0.15) is 34.7 Å². The number of hydrogen-bond donors (Lipinski definition) is 1. The second kappa shape index (κ2) is 8.96. The molecule has 0 saturated heterocycles. The Balaban J connectivity index is 1.67. The molecule has 156 valence electrons. The van der Waals surface area contributed by atoms with E-state index in [1.807, 2.05) is 67.6 Å². The maximum atomic E-state index is 13.2. The van der Waals surface area contributed by atoms with Gasteiger partial charge < -0.3 is 10.0 Å². The smallest absolute Gasteiger partial charge is 0.290 e. The average Bonchev–Trinajstić information content (AvgIpc) is 3.04. The molecular weight excluding hydrogens is 388 g/mol. The Morgan fingerprint density at radius 3 is 2.52 bits per heavy atom. The van der Waals surface area contributed by atoms with E-state index in [9.17, 15) is 14.7 Å². The Labute approximate surface area is 181 Å². The number of carbonyl (C=O) groups excluding carboxylic acids is 2. The molecular formula is C26H24N2O3. The molecule has 4 rings (SSSR count). The fraction of sp³-hybridized carbons (Fsp3) is 0.192. The maximum Gasteiger partial charge on any atom is 0.290 e. The lowest BCUT2D eigenvalue weighted by atomic mass is 9.92. The highest BCUT2D eigenvalue weighted by Gasteiger charge is 2.43. The molecule has 0 spiro atoms. The number of ketones is 1. The number of aliphatic hydroxyl groups is 1. The first-order chi connectivity index (χ1) is 15.0. The van der Waals surface area contributed by atoms with Crippen LogP contribution in [-0.4, -0.2) is 26.7 Å². The van der Waals surface area contributed by atoms with E-state index in [-0.39, 0.29) is 24.3 Å². The number of pyridine rings is 1. The largest absolute Gasteiger partial charge is 0.503 e. The lowest BCUT2D eigenvalue weighted by molar-refractivity contribution is -0.130. The van der Waals surface area contributed by atoms with Crippen LogP contribution in [0.4, 0.5) is 0 Å². The fourth-order valence-electron chi connectivity index (χ4n) is 4.01. The Hall–Kier alpha value is -3.73. The molecule has 1 aliphatic heterocycles. The van der Waals surface area contributed by atoms with Gasteiger partial charge in [-0.1, -0.05) is 66.2 Å². The van der Waals surface area contributed by atoms with E-state index in [0.29, 0.717) is 6.42 Å². The molecule has 0 saturated carbocycles. The van der Waals surface area contributed by atoms with Gasteiger partial charge in [0.05, 0.1) is 11.6 Å². The standard InChI is InChI=1S/C26H24N2O3/c1-18-7-5-11-21(15-18)24-23(22(29)13-12-19-8-3-2-4-9-19)25(30)26(31)28(24)17-20-10-6-14-27-16-20/h2-11,14-16,24,30H,12-13,17H2,1H3. The summed E-state index contributed by atoms with van der Waals surface area (Å²) in [5.74, 6) is -1.19. The molecule has 0 fully saturated rings. The monoisotopic (exact) mass is 412 g/mol. The van der Waals surface area contributed by atoms with Crippen LogP contribution in [-0.2, 0) is 22.6 Å². The van der Waals surface area contributed by atoms with E-state index in [1.54, 1.807) is 23.4 Å². The number of aromatic nitrogens is 1. The van der Waals surface area contributed by atoms with Crippen molar-refractivity contribution in [2.24, 2.45) is 0 Å². The first-order valence-electron chi connectivity index (χ1n) is 10.3. The molecule has 5 nitrogen and oxygen atoms in total. The van der Waals surface area contributed by atoms with Crippen molar-refractivity contribution in [3.8, 4) is 0 Å². The minimum absolute atomic E-state index is 0.176. The van der Waals surface area contributed by atoms with Crippen molar-refractivity contribution in [1.29, 1.82) is 0 Å². The molecule has 2 heterocycles. The third kappa shape index (κ3) is 4.40. The SMILES string of the molecule is Cc1cccc(C2C(C(=O)CCc3ccccc3)=C(O)C(=O)N2Cc2cccnc2)c1.